The minimum atomic E-state index is -5.08. The number of urea groups is 1. The van der Waals surface area contributed by atoms with Gasteiger partial charge in [-0.05, 0) is 53.1 Å². The second-order valence-electron chi connectivity index (χ2n) is 11.0. The number of carbonyl (C=O) groups excluding carboxylic acids is 1. The number of fused-ring (bicyclic) bond motifs is 6. The monoisotopic (exact) mass is 770 g/mol. The van der Waals surface area contributed by atoms with E-state index < -0.39 is 24.3 Å². The van der Waals surface area contributed by atoms with Gasteiger partial charge in [-0.25, -0.2) is 24.4 Å². The molecule has 0 radical (unpaired) electrons. The topological polar surface area (TPSA) is 196 Å². The molecular formula is C32H29ClF6N8O6. The molecule has 6 bridgehead atoms. The summed E-state index contributed by atoms with van der Waals surface area (Å²) in [5, 5.41) is 21.3. The largest absolute Gasteiger partial charge is 0.493 e. The number of benzene rings is 2. The Morgan fingerprint density at radius 1 is 0.830 bits per heavy atom. The molecule has 2 aliphatic heterocycles. The molecule has 282 valence electrons. The number of aromatic nitrogens is 3. The van der Waals surface area contributed by atoms with Gasteiger partial charge < -0.3 is 41.1 Å². The van der Waals surface area contributed by atoms with Crippen LogP contribution in [0.15, 0.2) is 67.0 Å². The van der Waals surface area contributed by atoms with Gasteiger partial charge in [0.2, 0.25) is 5.95 Å². The first-order chi connectivity index (χ1) is 24.9. The molecule has 21 heteroatoms. The SMILES string of the molecule is NC(=O)N1CCN(c2cc(-c3cc4cc(c3)Nc3ncc(Cl)c(n3)Nc3cccc(c3)OCC4)ccn2)CC1.O=C(O)C(F)(F)F.O=C(O)C(F)(F)F. The third-order valence-corrected chi connectivity index (χ3v) is 7.51. The van der Waals surface area contributed by atoms with Crippen LogP contribution in [0.3, 0.4) is 0 Å². The van der Waals surface area contributed by atoms with E-state index in [0.29, 0.717) is 56.0 Å². The molecule has 2 amide bonds. The van der Waals surface area contributed by atoms with Gasteiger partial charge in [0, 0.05) is 56.2 Å². The average Bonchev–Trinajstić information content (AvgIpc) is 3.09. The maximum Gasteiger partial charge on any atom is 0.490 e. The van der Waals surface area contributed by atoms with Crippen molar-refractivity contribution in [1.29, 1.82) is 0 Å². The number of ether oxygens (including phenoxy) is 1. The second kappa shape index (κ2) is 17.0. The lowest BCUT2D eigenvalue weighted by Gasteiger charge is -2.34. The molecule has 6 N–H and O–H groups in total. The molecule has 6 rings (SSSR count). The highest BCUT2D eigenvalue weighted by molar-refractivity contribution is 6.32. The highest BCUT2D eigenvalue weighted by atomic mass is 35.5. The van der Waals surface area contributed by atoms with E-state index in [-0.39, 0.29) is 6.03 Å². The van der Waals surface area contributed by atoms with E-state index in [9.17, 15) is 31.1 Å². The number of nitrogens with one attached hydrogen (secondary N) is 2. The van der Waals surface area contributed by atoms with Gasteiger partial charge in [0.25, 0.3) is 0 Å². The van der Waals surface area contributed by atoms with Crippen LogP contribution >= 0.6 is 11.6 Å². The predicted molar refractivity (Wildman–Crippen MR) is 180 cm³/mol. The van der Waals surface area contributed by atoms with E-state index in [4.69, 9.17) is 41.9 Å². The van der Waals surface area contributed by atoms with Crippen LogP contribution in [0.1, 0.15) is 5.56 Å². The number of alkyl halides is 6. The highest BCUT2D eigenvalue weighted by Crippen LogP contribution is 2.31. The Morgan fingerprint density at radius 2 is 1.49 bits per heavy atom. The summed E-state index contributed by atoms with van der Waals surface area (Å²) >= 11 is 6.38. The smallest absolute Gasteiger partial charge is 0.490 e. The molecule has 0 unspecified atom stereocenters. The third kappa shape index (κ3) is 11.7. The standard InChI is InChI=1S/C28H27ClN8O2.2C2HF3O2/c29-24-17-32-28-34-22-13-18(5-11-39-23-3-1-2-21(16-23)33-26(24)35-28)12-20(14-22)19-4-6-31-25(15-19)36-7-9-37(10-8-36)27(30)38;2*3-2(4,5)1(6)7/h1-4,6,12-17H,5,7-11H2,(H2,30,38)(H2,32,33,34,35);2*(H,6,7). The first-order valence-electron chi connectivity index (χ1n) is 15.2. The van der Waals surface area contributed by atoms with Crippen molar-refractivity contribution < 1.29 is 55.7 Å². The van der Waals surface area contributed by atoms with Gasteiger partial charge in [-0.1, -0.05) is 23.7 Å². The summed E-state index contributed by atoms with van der Waals surface area (Å²) in [6.07, 6.45) is -6.07. The number of nitrogens with zero attached hydrogens (tertiary/aromatic N) is 5. The van der Waals surface area contributed by atoms with Crippen molar-refractivity contribution >= 4 is 58.5 Å². The van der Waals surface area contributed by atoms with E-state index in [1.807, 2.05) is 36.5 Å². The number of halogens is 7. The van der Waals surface area contributed by atoms with Crippen LogP contribution in [0.25, 0.3) is 11.1 Å². The van der Waals surface area contributed by atoms with Gasteiger partial charge in [0.1, 0.15) is 16.6 Å². The van der Waals surface area contributed by atoms with Gasteiger partial charge in [0.15, 0.2) is 5.82 Å². The lowest BCUT2D eigenvalue weighted by molar-refractivity contribution is -0.193. The zero-order valence-electron chi connectivity index (χ0n) is 27.1. The Kier molecular flexibility index (Phi) is 12.7. The normalized spacial score (nSPS) is 13.9. The van der Waals surface area contributed by atoms with Crippen LogP contribution in [-0.2, 0) is 16.0 Å². The summed E-state index contributed by atoms with van der Waals surface area (Å²) in [4.78, 5) is 46.7. The summed E-state index contributed by atoms with van der Waals surface area (Å²) in [7, 11) is 0. The Bertz CT molecular complexity index is 1920. The van der Waals surface area contributed by atoms with Crippen molar-refractivity contribution in [2.75, 3.05) is 48.3 Å². The van der Waals surface area contributed by atoms with Gasteiger partial charge in [-0.15, -0.1) is 0 Å². The molecule has 0 atom stereocenters. The fourth-order valence-corrected chi connectivity index (χ4v) is 4.87. The van der Waals surface area contributed by atoms with Crippen LogP contribution in [0.5, 0.6) is 5.75 Å². The maximum absolute atomic E-state index is 11.5. The third-order valence-electron chi connectivity index (χ3n) is 7.23. The number of amides is 2. The fraction of sp³-hybridized carbons (Fsp3) is 0.250. The second-order valence-corrected chi connectivity index (χ2v) is 11.4. The molecular weight excluding hydrogens is 742 g/mol. The van der Waals surface area contributed by atoms with Crippen molar-refractivity contribution in [2.24, 2.45) is 5.73 Å². The lowest BCUT2D eigenvalue weighted by atomic mass is 10.0. The lowest BCUT2D eigenvalue weighted by Crippen LogP contribution is -2.50. The molecule has 0 aliphatic carbocycles. The number of aliphatic carboxylic acids is 2. The molecule has 4 aromatic rings. The summed E-state index contributed by atoms with van der Waals surface area (Å²) in [5.41, 5.74) is 10.3. The number of anilines is 5. The molecule has 14 nitrogen and oxygen atoms in total. The first-order valence-corrected chi connectivity index (χ1v) is 15.6. The quantitative estimate of drug-likeness (QED) is 0.148. The average molecular weight is 771 g/mol. The number of rotatable bonds is 2. The highest BCUT2D eigenvalue weighted by Gasteiger charge is 2.39. The van der Waals surface area contributed by atoms with Crippen LogP contribution in [0, 0.1) is 0 Å². The number of nitrogens with two attached hydrogens (primary N) is 1. The van der Waals surface area contributed by atoms with Crippen molar-refractivity contribution in [3.05, 3.63) is 77.6 Å². The fourth-order valence-electron chi connectivity index (χ4n) is 4.73. The van der Waals surface area contributed by atoms with E-state index >= 15 is 0 Å². The van der Waals surface area contributed by atoms with Crippen LogP contribution < -0.4 is 26.0 Å². The van der Waals surface area contributed by atoms with E-state index in [2.05, 4.69) is 54.8 Å². The number of hydrogen-bond donors (Lipinski definition) is 5. The molecule has 53 heavy (non-hydrogen) atoms. The van der Waals surface area contributed by atoms with Crippen LogP contribution in [-0.4, -0.2) is 93.2 Å². The summed E-state index contributed by atoms with van der Waals surface area (Å²) in [6, 6.07) is 17.7. The molecule has 1 saturated heterocycles. The van der Waals surface area contributed by atoms with Crippen LogP contribution in [0.4, 0.5) is 60.1 Å². The summed E-state index contributed by atoms with van der Waals surface area (Å²) in [6.45, 7) is 3.02. The van der Waals surface area contributed by atoms with Gasteiger partial charge in [-0.3, -0.25) is 0 Å². The van der Waals surface area contributed by atoms with Crippen molar-refractivity contribution in [2.45, 2.75) is 18.8 Å². The molecule has 2 aliphatic rings. The van der Waals surface area contributed by atoms with Crippen LogP contribution in [0.2, 0.25) is 5.02 Å². The number of carboxylic acid groups (broad SMARTS) is 2. The van der Waals surface area contributed by atoms with Gasteiger partial charge >= 0.3 is 30.3 Å². The predicted octanol–water partition coefficient (Wildman–Crippen LogP) is 6.08. The minimum Gasteiger partial charge on any atom is -0.493 e. The first kappa shape index (κ1) is 39.7. The molecule has 1 fully saturated rings. The Labute approximate surface area is 301 Å². The van der Waals surface area contributed by atoms with Gasteiger partial charge in [0.05, 0.1) is 12.8 Å². The molecule has 2 aromatic heterocycles. The van der Waals surface area contributed by atoms with Crippen molar-refractivity contribution in [3.63, 3.8) is 0 Å². The molecule has 0 saturated carbocycles. The number of piperazine rings is 1. The molecule has 2 aromatic carbocycles. The van der Waals surface area contributed by atoms with E-state index in [1.165, 1.54) is 0 Å². The minimum absolute atomic E-state index is 0.386. The number of hydrogen-bond acceptors (Lipinski definition) is 10. The van der Waals surface area contributed by atoms with Crippen molar-refractivity contribution in [3.8, 4) is 16.9 Å². The number of primary amides is 1. The van der Waals surface area contributed by atoms with Crippen molar-refractivity contribution in [1.82, 2.24) is 19.9 Å². The Morgan fingerprint density at radius 3 is 2.11 bits per heavy atom. The molecule has 0 spiro atoms. The van der Waals surface area contributed by atoms with E-state index in [0.717, 1.165) is 39.6 Å². The number of carboxylic acids is 2. The Balaban J connectivity index is 0.000000381. The summed E-state index contributed by atoms with van der Waals surface area (Å²) < 4.78 is 69.5. The van der Waals surface area contributed by atoms with Gasteiger partial charge in [-0.2, -0.15) is 31.3 Å². The maximum atomic E-state index is 11.5. The zero-order chi connectivity index (χ0) is 38.9. The summed E-state index contributed by atoms with van der Waals surface area (Å²) in [5.74, 6) is -2.97. The molecule has 4 heterocycles. The Hall–Kier alpha value is -6.05. The van der Waals surface area contributed by atoms with E-state index in [1.54, 1.807) is 11.1 Å². The zero-order valence-corrected chi connectivity index (χ0v) is 27.8. The number of carbonyl (C=O) groups is 3. The number of pyridine rings is 1.